The number of ether oxygens (including phenoxy) is 1. The molecule has 108 valence electrons. The van der Waals surface area contributed by atoms with E-state index in [4.69, 9.17) is 10.5 Å². The second kappa shape index (κ2) is 8.27. The van der Waals surface area contributed by atoms with Crippen LogP contribution in [0.5, 0.6) is 0 Å². The molecule has 0 aliphatic rings. The first-order valence-corrected chi connectivity index (χ1v) is 8.04. The molecule has 3 N–H and O–H groups in total. The van der Waals surface area contributed by atoms with Crippen molar-refractivity contribution in [1.29, 1.82) is 0 Å². The van der Waals surface area contributed by atoms with Crippen molar-refractivity contribution in [3.63, 3.8) is 0 Å². The van der Waals surface area contributed by atoms with Crippen LogP contribution < -0.4 is 10.5 Å². The molecule has 1 aromatic rings. The third-order valence-electron chi connectivity index (χ3n) is 2.66. The van der Waals surface area contributed by atoms with E-state index < -0.39 is 10.0 Å². The van der Waals surface area contributed by atoms with Gasteiger partial charge in [-0.1, -0.05) is 30.3 Å². The maximum atomic E-state index is 11.8. The molecule has 6 heteroatoms. The minimum atomic E-state index is -3.34. The summed E-state index contributed by atoms with van der Waals surface area (Å²) < 4.78 is 31.3. The molecule has 5 nitrogen and oxygen atoms in total. The van der Waals surface area contributed by atoms with Crippen molar-refractivity contribution in [3.05, 3.63) is 35.9 Å². The van der Waals surface area contributed by atoms with Crippen LogP contribution in [-0.4, -0.2) is 40.0 Å². The lowest BCUT2D eigenvalue weighted by atomic mass is 10.1. The smallest absolute Gasteiger partial charge is 0.214 e. The van der Waals surface area contributed by atoms with Crippen LogP contribution in [0.1, 0.15) is 12.5 Å². The Morgan fingerprint density at radius 1 is 1.32 bits per heavy atom. The molecule has 0 bridgehead atoms. The molecule has 0 heterocycles. The number of hydrogen-bond donors (Lipinski definition) is 2. The summed E-state index contributed by atoms with van der Waals surface area (Å²) in [6, 6.07) is 9.40. The molecule has 0 radical (unpaired) electrons. The number of sulfonamides is 1. The van der Waals surface area contributed by atoms with Crippen LogP contribution in [0.25, 0.3) is 0 Å². The molecule has 0 saturated heterocycles. The summed E-state index contributed by atoms with van der Waals surface area (Å²) in [6.45, 7) is 2.81. The van der Waals surface area contributed by atoms with Crippen LogP contribution in [0.4, 0.5) is 0 Å². The predicted molar refractivity (Wildman–Crippen MR) is 76.4 cm³/mol. The van der Waals surface area contributed by atoms with E-state index in [1.807, 2.05) is 37.3 Å². The average molecular weight is 286 g/mol. The van der Waals surface area contributed by atoms with Gasteiger partial charge in [0.1, 0.15) is 0 Å². The highest BCUT2D eigenvalue weighted by Crippen LogP contribution is 2.03. The lowest BCUT2D eigenvalue weighted by molar-refractivity contribution is 0.163. The quantitative estimate of drug-likeness (QED) is 0.648. The highest BCUT2D eigenvalue weighted by molar-refractivity contribution is 7.89. The number of nitrogens with two attached hydrogens (primary N) is 1. The molecule has 0 spiro atoms. The van der Waals surface area contributed by atoms with Crippen molar-refractivity contribution in [1.82, 2.24) is 4.72 Å². The Bertz CT molecular complexity index is 448. The van der Waals surface area contributed by atoms with Crippen molar-refractivity contribution in [2.45, 2.75) is 19.4 Å². The van der Waals surface area contributed by atoms with Gasteiger partial charge in [0.25, 0.3) is 0 Å². The van der Waals surface area contributed by atoms with Crippen molar-refractivity contribution >= 4 is 10.0 Å². The van der Waals surface area contributed by atoms with Gasteiger partial charge in [-0.15, -0.1) is 0 Å². The summed E-state index contributed by atoms with van der Waals surface area (Å²) in [5.74, 6) is -0.0356. The van der Waals surface area contributed by atoms with E-state index in [0.29, 0.717) is 13.0 Å². The van der Waals surface area contributed by atoms with E-state index in [1.165, 1.54) is 0 Å². The van der Waals surface area contributed by atoms with Crippen molar-refractivity contribution < 1.29 is 13.2 Å². The fraction of sp³-hybridized carbons (Fsp3) is 0.538. The largest absolute Gasteiger partial charge is 0.381 e. The van der Waals surface area contributed by atoms with Gasteiger partial charge in [0.15, 0.2) is 0 Å². The Balaban J connectivity index is 2.52. The fourth-order valence-electron chi connectivity index (χ4n) is 1.70. The number of benzene rings is 1. The summed E-state index contributed by atoms with van der Waals surface area (Å²) in [5, 5.41) is 0. The molecule has 0 aliphatic heterocycles. The van der Waals surface area contributed by atoms with Gasteiger partial charge in [-0.05, 0) is 18.9 Å². The summed E-state index contributed by atoms with van der Waals surface area (Å²) in [6.07, 6.45) is 0.588. The summed E-state index contributed by atoms with van der Waals surface area (Å²) >= 11 is 0. The Hall–Kier alpha value is -0.950. The van der Waals surface area contributed by atoms with Gasteiger partial charge >= 0.3 is 0 Å². The molecule has 19 heavy (non-hydrogen) atoms. The van der Waals surface area contributed by atoms with Crippen molar-refractivity contribution in [2.24, 2.45) is 5.73 Å². The van der Waals surface area contributed by atoms with Gasteiger partial charge in [0.05, 0.1) is 12.4 Å². The van der Waals surface area contributed by atoms with E-state index in [2.05, 4.69) is 4.72 Å². The molecule has 0 aliphatic carbocycles. The Labute approximate surface area is 115 Å². The maximum absolute atomic E-state index is 11.8. The van der Waals surface area contributed by atoms with E-state index >= 15 is 0 Å². The molecule has 0 amide bonds. The van der Waals surface area contributed by atoms with Gasteiger partial charge in [0.2, 0.25) is 10.0 Å². The highest BCUT2D eigenvalue weighted by Gasteiger charge is 2.16. The first-order valence-electron chi connectivity index (χ1n) is 6.39. The molecule has 1 rings (SSSR count). The van der Waals surface area contributed by atoms with E-state index in [-0.39, 0.29) is 24.9 Å². The van der Waals surface area contributed by atoms with Crippen LogP contribution in [-0.2, 0) is 21.2 Å². The topological polar surface area (TPSA) is 81.4 Å². The molecule has 1 aromatic carbocycles. The minimum Gasteiger partial charge on any atom is -0.381 e. The van der Waals surface area contributed by atoms with E-state index in [0.717, 1.165) is 5.56 Å². The van der Waals surface area contributed by atoms with Crippen LogP contribution in [0.3, 0.4) is 0 Å². The lowest BCUT2D eigenvalue weighted by Crippen LogP contribution is -2.43. The van der Waals surface area contributed by atoms with E-state index in [9.17, 15) is 8.42 Å². The highest BCUT2D eigenvalue weighted by atomic mass is 32.2. The molecule has 0 aromatic heterocycles. The van der Waals surface area contributed by atoms with Crippen LogP contribution in [0, 0.1) is 0 Å². The molecule has 0 saturated carbocycles. The first-order chi connectivity index (χ1) is 9.07. The fourth-order valence-corrected chi connectivity index (χ4v) is 2.84. The second-order valence-electron chi connectivity index (χ2n) is 4.26. The first kappa shape index (κ1) is 16.1. The van der Waals surface area contributed by atoms with E-state index in [1.54, 1.807) is 0 Å². The van der Waals surface area contributed by atoms with Crippen LogP contribution in [0.15, 0.2) is 30.3 Å². The Morgan fingerprint density at radius 2 is 2.00 bits per heavy atom. The van der Waals surface area contributed by atoms with Gasteiger partial charge in [0, 0.05) is 19.2 Å². The zero-order valence-corrected chi connectivity index (χ0v) is 12.0. The Morgan fingerprint density at radius 3 is 2.58 bits per heavy atom. The minimum absolute atomic E-state index is 0.0356. The van der Waals surface area contributed by atoms with Gasteiger partial charge < -0.3 is 10.5 Å². The lowest BCUT2D eigenvalue weighted by Gasteiger charge is -2.17. The third-order valence-corrected chi connectivity index (χ3v) is 4.05. The standard InChI is InChI=1S/C13H22N2O3S/c1-2-18-8-9-19(16,17)15-13(11-14)10-12-6-4-3-5-7-12/h3-7,13,15H,2,8-11,14H2,1H3. The second-order valence-corrected chi connectivity index (χ2v) is 6.13. The number of nitrogens with one attached hydrogen (secondary N) is 1. The zero-order chi connectivity index (χ0) is 14.1. The zero-order valence-electron chi connectivity index (χ0n) is 11.2. The van der Waals surface area contributed by atoms with Gasteiger partial charge in [-0.3, -0.25) is 0 Å². The molecular formula is C13H22N2O3S. The maximum Gasteiger partial charge on any atom is 0.214 e. The van der Waals surface area contributed by atoms with Crippen molar-refractivity contribution in [2.75, 3.05) is 25.5 Å². The van der Waals surface area contributed by atoms with Gasteiger partial charge in [-0.25, -0.2) is 13.1 Å². The molecule has 0 fully saturated rings. The molecule has 1 atom stereocenters. The molecule has 1 unspecified atom stereocenters. The monoisotopic (exact) mass is 286 g/mol. The van der Waals surface area contributed by atoms with Crippen LogP contribution in [0.2, 0.25) is 0 Å². The summed E-state index contributed by atoms with van der Waals surface area (Å²) in [7, 11) is -3.34. The summed E-state index contributed by atoms with van der Waals surface area (Å²) in [5.41, 5.74) is 6.69. The number of hydrogen-bond acceptors (Lipinski definition) is 4. The SMILES string of the molecule is CCOCCS(=O)(=O)NC(CN)Cc1ccccc1. The summed E-state index contributed by atoms with van der Waals surface area (Å²) in [4.78, 5) is 0. The molecular weight excluding hydrogens is 264 g/mol. The van der Waals surface area contributed by atoms with Gasteiger partial charge in [-0.2, -0.15) is 0 Å². The third kappa shape index (κ3) is 6.68. The predicted octanol–water partition coefficient (Wildman–Crippen LogP) is 0.512. The van der Waals surface area contributed by atoms with Crippen LogP contribution >= 0.6 is 0 Å². The van der Waals surface area contributed by atoms with Crippen molar-refractivity contribution in [3.8, 4) is 0 Å². The average Bonchev–Trinajstić information content (AvgIpc) is 2.39. The number of rotatable bonds is 9. The Kier molecular flexibility index (Phi) is 7.01. The normalized spacial score (nSPS) is 13.4.